The highest BCUT2D eigenvalue weighted by molar-refractivity contribution is 6.35. The van der Waals surface area contributed by atoms with Gasteiger partial charge in [0.05, 0.1) is 19.3 Å². The minimum absolute atomic E-state index is 0.439. The Balaban J connectivity index is 1.59. The molecule has 1 aliphatic heterocycles. The molecule has 1 saturated heterocycles. The molecule has 136 valence electrons. The number of nitrogens with zero attached hydrogens (tertiary/aromatic N) is 5. The molecular formula is C17H17Cl2N5O2. The van der Waals surface area contributed by atoms with Gasteiger partial charge in [-0.05, 0) is 25.1 Å². The van der Waals surface area contributed by atoms with E-state index in [0.717, 1.165) is 5.56 Å². The third-order valence-electron chi connectivity index (χ3n) is 4.40. The highest BCUT2D eigenvalue weighted by Crippen LogP contribution is 2.32. The summed E-state index contributed by atoms with van der Waals surface area (Å²) < 4.78 is 13.3. The van der Waals surface area contributed by atoms with Crippen molar-refractivity contribution in [2.75, 3.05) is 24.6 Å². The minimum Gasteiger partial charge on any atom is -0.367 e. The molecule has 4 rings (SSSR count). The summed E-state index contributed by atoms with van der Waals surface area (Å²) in [6.07, 6.45) is 3.77. The second kappa shape index (κ2) is 6.57. The lowest BCUT2D eigenvalue weighted by molar-refractivity contribution is -0.0480. The number of anilines is 1. The summed E-state index contributed by atoms with van der Waals surface area (Å²) in [6.45, 7) is 3.82. The number of benzene rings is 1. The predicted octanol–water partition coefficient (Wildman–Crippen LogP) is 3.53. The Bertz CT molecular complexity index is 921. The van der Waals surface area contributed by atoms with Crippen LogP contribution in [-0.4, -0.2) is 39.6 Å². The molecule has 1 aliphatic rings. The van der Waals surface area contributed by atoms with Crippen molar-refractivity contribution in [1.82, 2.24) is 19.9 Å². The van der Waals surface area contributed by atoms with Crippen LogP contribution in [0.25, 0.3) is 11.4 Å². The first-order valence-corrected chi connectivity index (χ1v) is 8.87. The molecule has 3 aromatic rings. The molecule has 0 radical (unpaired) electrons. The molecule has 1 unspecified atom stereocenters. The van der Waals surface area contributed by atoms with E-state index in [-0.39, 0.29) is 0 Å². The Morgan fingerprint density at radius 2 is 1.96 bits per heavy atom. The summed E-state index contributed by atoms with van der Waals surface area (Å²) in [5.41, 5.74) is 1.22. The van der Waals surface area contributed by atoms with Gasteiger partial charge in [-0.2, -0.15) is 10.1 Å². The van der Waals surface area contributed by atoms with Crippen molar-refractivity contribution >= 4 is 29.2 Å². The number of rotatable bonds is 3. The highest BCUT2D eigenvalue weighted by atomic mass is 35.5. The number of aryl methyl sites for hydroxylation is 1. The maximum atomic E-state index is 6.06. The molecule has 1 aromatic carbocycles. The summed E-state index contributed by atoms with van der Waals surface area (Å²) in [7, 11) is 1.88. The largest absolute Gasteiger partial charge is 0.367 e. The lowest BCUT2D eigenvalue weighted by Gasteiger charge is -2.39. The molecule has 0 spiro atoms. The number of hydrogen-bond donors (Lipinski definition) is 0. The summed E-state index contributed by atoms with van der Waals surface area (Å²) in [4.78, 5) is 6.52. The van der Waals surface area contributed by atoms with Crippen LogP contribution in [0.3, 0.4) is 0 Å². The Morgan fingerprint density at radius 3 is 2.65 bits per heavy atom. The zero-order valence-electron chi connectivity index (χ0n) is 14.3. The van der Waals surface area contributed by atoms with E-state index in [1.807, 2.05) is 31.3 Å². The lowest BCUT2D eigenvalue weighted by Crippen LogP contribution is -2.48. The monoisotopic (exact) mass is 393 g/mol. The number of hydrogen-bond acceptors (Lipinski definition) is 6. The fourth-order valence-electron chi connectivity index (χ4n) is 3.05. The van der Waals surface area contributed by atoms with Gasteiger partial charge in [0, 0.05) is 41.0 Å². The quantitative estimate of drug-likeness (QED) is 0.677. The molecule has 9 heteroatoms. The number of halogens is 2. The van der Waals surface area contributed by atoms with Gasteiger partial charge in [0.15, 0.2) is 0 Å². The van der Waals surface area contributed by atoms with Crippen LogP contribution in [0.15, 0.2) is 35.1 Å². The summed E-state index contributed by atoms with van der Waals surface area (Å²) >= 11 is 12.1. The van der Waals surface area contributed by atoms with Crippen LogP contribution >= 0.6 is 23.2 Å². The van der Waals surface area contributed by atoms with E-state index in [1.165, 1.54) is 0 Å². The topological polar surface area (TPSA) is 69.2 Å². The second-order valence-electron chi connectivity index (χ2n) is 6.46. The van der Waals surface area contributed by atoms with E-state index in [4.69, 9.17) is 32.5 Å². The van der Waals surface area contributed by atoms with Crippen LogP contribution in [0.1, 0.15) is 12.5 Å². The summed E-state index contributed by atoms with van der Waals surface area (Å²) in [6, 6.07) is 5.60. The highest BCUT2D eigenvalue weighted by Gasteiger charge is 2.36. The smallest absolute Gasteiger partial charge is 0.324 e. The van der Waals surface area contributed by atoms with E-state index < -0.39 is 5.60 Å². The molecule has 0 aliphatic carbocycles. The zero-order chi connectivity index (χ0) is 18.3. The first-order valence-electron chi connectivity index (χ1n) is 8.11. The Morgan fingerprint density at radius 1 is 1.19 bits per heavy atom. The van der Waals surface area contributed by atoms with E-state index in [1.54, 1.807) is 22.9 Å². The molecule has 2 aromatic heterocycles. The summed E-state index contributed by atoms with van der Waals surface area (Å²) in [5.74, 6) is 0.443. The number of morpholine rings is 1. The van der Waals surface area contributed by atoms with Gasteiger partial charge in [-0.3, -0.25) is 4.68 Å². The van der Waals surface area contributed by atoms with Gasteiger partial charge < -0.3 is 14.2 Å². The third kappa shape index (κ3) is 3.30. The standard InChI is InChI=1S/C17H17Cl2N5O2/c1-17(12-8-20-23(2)9-12)10-24(3-4-25-17)16-21-15(22-26-16)11-5-13(18)7-14(19)6-11/h5-9H,3-4,10H2,1-2H3. The van der Waals surface area contributed by atoms with Crippen molar-refractivity contribution in [3.05, 3.63) is 46.2 Å². The zero-order valence-corrected chi connectivity index (χ0v) is 15.8. The van der Waals surface area contributed by atoms with Crippen LogP contribution in [0.5, 0.6) is 0 Å². The van der Waals surface area contributed by atoms with Crippen molar-refractivity contribution in [3.63, 3.8) is 0 Å². The fourth-order valence-corrected chi connectivity index (χ4v) is 3.57. The van der Waals surface area contributed by atoms with Crippen LogP contribution in [0, 0.1) is 0 Å². The van der Waals surface area contributed by atoms with Crippen molar-refractivity contribution in [3.8, 4) is 11.4 Å². The van der Waals surface area contributed by atoms with Crippen LogP contribution in [0.2, 0.25) is 10.0 Å². The molecule has 0 N–H and O–H groups in total. The molecular weight excluding hydrogens is 377 g/mol. The van der Waals surface area contributed by atoms with Crippen LogP contribution in [-0.2, 0) is 17.4 Å². The van der Waals surface area contributed by atoms with Crippen molar-refractivity contribution in [2.24, 2.45) is 7.05 Å². The molecule has 3 heterocycles. The van der Waals surface area contributed by atoms with Gasteiger partial charge in [0.2, 0.25) is 5.82 Å². The molecule has 1 fully saturated rings. The maximum absolute atomic E-state index is 6.06. The number of aromatic nitrogens is 4. The lowest BCUT2D eigenvalue weighted by atomic mass is 9.97. The first-order chi connectivity index (χ1) is 12.4. The second-order valence-corrected chi connectivity index (χ2v) is 7.34. The Kier molecular flexibility index (Phi) is 4.38. The number of ether oxygens (including phenoxy) is 1. The van der Waals surface area contributed by atoms with Crippen molar-refractivity contribution in [1.29, 1.82) is 0 Å². The van der Waals surface area contributed by atoms with Gasteiger partial charge in [-0.15, -0.1) is 0 Å². The maximum Gasteiger partial charge on any atom is 0.324 e. The molecule has 0 bridgehead atoms. The SMILES string of the molecule is Cn1cc(C2(C)CN(c3nc(-c4cc(Cl)cc(Cl)c4)no3)CCO2)cn1. The minimum atomic E-state index is -0.499. The molecule has 26 heavy (non-hydrogen) atoms. The van der Waals surface area contributed by atoms with Crippen molar-refractivity contribution < 1.29 is 9.26 Å². The van der Waals surface area contributed by atoms with Gasteiger partial charge in [0.25, 0.3) is 0 Å². The van der Waals surface area contributed by atoms with Crippen LogP contribution in [0.4, 0.5) is 6.01 Å². The molecule has 7 nitrogen and oxygen atoms in total. The van der Waals surface area contributed by atoms with Gasteiger partial charge in [-0.25, -0.2) is 0 Å². The van der Waals surface area contributed by atoms with E-state index >= 15 is 0 Å². The molecule has 1 atom stereocenters. The first kappa shape index (κ1) is 17.3. The van der Waals surface area contributed by atoms with Gasteiger partial charge in [0.1, 0.15) is 5.60 Å². The van der Waals surface area contributed by atoms with E-state index in [9.17, 15) is 0 Å². The van der Waals surface area contributed by atoms with Gasteiger partial charge >= 0.3 is 6.01 Å². The van der Waals surface area contributed by atoms with Crippen LogP contribution < -0.4 is 4.90 Å². The fraction of sp³-hybridized carbons (Fsp3) is 0.353. The van der Waals surface area contributed by atoms with Gasteiger partial charge in [-0.1, -0.05) is 28.4 Å². The van der Waals surface area contributed by atoms with E-state index in [2.05, 4.69) is 15.2 Å². The van der Waals surface area contributed by atoms with E-state index in [0.29, 0.717) is 47.1 Å². The average Bonchev–Trinajstić information content (AvgIpc) is 3.23. The normalized spacial score (nSPS) is 20.5. The Hall–Kier alpha value is -2.09. The predicted molar refractivity (Wildman–Crippen MR) is 98.5 cm³/mol. The Labute approximate surface area is 160 Å². The third-order valence-corrected chi connectivity index (χ3v) is 4.83. The summed E-state index contributed by atoms with van der Waals surface area (Å²) in [5, 5.41) is 9.35. The molecule has 0 saturated carbocycles. The molecule has 0 amide bonds. The van der Waals surface area contributed by atoms with Crippen molar-refractivity contribution in [2.45, 2.75) is 12.5 Å². The average molecular weight is 394 g/mol.